The number of hydrogen-bond acceptors (Lipinski definition) is 3. The Morgan fingerprint density at radius 2 is 1.09 bits per heavy atom. The largest absolute Gasteiger partial charge is 0.389 e. The maximum Gasteiger partial charge on any atom is 0.260 e. The number of hydrogen-bond donors (Lipinski definition) is 1. The molecule has 0 aromatic heterocycles. The summed E-state index contributed by atoms with van der Waals surface area (Å²) in [5, 5.41) is 13.5. The molecular weight excluding hydrogens is 454 g/mol. The maximum atomic E-state index is 15.2. The fourth-order valence-electron chi connectivity index (χ4n) is 4.25. The van der Waals surface area contributed by atoms with E-state index in [1.807, 2.05) is 87.5 Å². The highest BCUT2D eigenvalue weighted by Crippen LogP contribution is 2.40. The Morgan fingerprint density at radius 1 is 0.706 bits per heavy atom. The lowest BCUT2D eigenvalue weighted by atomic mass is 9.79. The molecule has 1 N–H and O–H groups in total. The third-order valence-electron chi connectivity index (χ3n) is 6.96. The molecule has 0 saturated heterocycles. The van der Waals surface area contributed by atoms with E-state index in [4.69, 9.17) is 4.03 Å². The van der Waals surface area contributed by atoms with Crippen molar-refractivity contribution in [3.8, 4) is 0 Å². The molecule has 0 radical (unpaired) electrons. The van der Waals surface area contributed by atoms with Gasteiger partial charge < -0.3 is 5.11 Å². The Labute approximate surface area is 207 Å². The van der Waals surface area contributed by atoms with Crippen LogP contribution in [0.25, 0.3) is 0 Å². The summed E-state index contributed by atoms with van der Waals surface area (Å²) >= 11 is 0. The van der Waals surface area contributed by atoms with E-state index in [-0.39, 0.29) is 10.8 Å². The molecule has 0 heterocycles. The van der Waals surface area contributed by atoms with E-state index >= 15 is 4.21 Å². The molecule has 0 fully saturated rings. The molecule has 3 aromatic carbocycles. The molecule has 0 saturated carbocycles. The highest BCUT2D eigenvalue weighted by atomic mass is 32.2. The molecule has 0 aliphatic rings. The molecule has 5 heteroatoms. The second kappa shape index (κ2) is 9.44. The first-order valence-electron chi connectivity index (χ1n) is 11.9. The number of aliphatic hydroxyl groups is 1. The number of rotatable bonds is 6. The number of nitrogens with zero attached hydrogens (tertiary/aromatic N) is 1. The second-order valence-electron chi connectivity index (χ2n) is 11.4. The van der Waals surface area contributed by atoms with Crippen molar-refractivity contribution in [2.24, 2.45) is 9.44 Å². The van der Waals surface area contributed by atoms with Gasteiger partial charge in [0.25, 0.3) is 8.24 Å². The van der Waals surface area contributed by atoms with Crippen LogP contribution in [0.15, 0.2) is 99.9 Å². The van der Waals surface area contributed by atoms with Crippen LogP contribution in [-0.2, 0) is 9.73 Å². The Balaban J connectivity index is 2.49. The van der Waals surface area contributed by atoms with Crippen molar-refractivity contribution in [2.45, 2.75) is 64.0 Å². The van der Waals surface area contributed by atoms with Crippen molar-refractivity contribution < 1.29 is 9.32 Å². The average Bonchev–Trinajstić information content (AvgIpc) is 2.77. The van der Waals surface area contributed by atoms with Gasteiger partial charge in [-0.1, -0.05) is 120 Å². The van der Waals surface area contributed by atoms with E-state index in [9.17, 15) is 5.11 Å². The molecule has 182 valence electrons. The average molecular weight is 494 g/mol. The standard InChI is InChI=1S/C29H39NO2SSi/c1-27(2,3)29(7,31)23-33(32,24-17-11-8-12-18-24)30-34(28(4,5)6,25-19-13-9-14-20-25)26-21-15-10-16-22-26/h8-22,31H,23H2,1-7H3/t29-,33+/m1/s1. The van der Waals surface area contributed by atoms with Crippen LogP contribution in [0.4, 0.5) is 0 Å². The fourth-order valence-corrected chi connectivity index (χ4v) is 14.0. The summed E-state index contributed by atoms with van der Waals surface area (Å²) in [6, 6.07) is 30.2. The van der Waals surface area contributed by atoms with Gasteiger partial charge in [0.15, 0.2) is 0 Å². The highest BCUT2D eigenvalue weighted by molar-refractivity contribution is 7.94. The van der Waals surface area contributed by atoms with Crippen molar-refractivity contribution in [1.82, 2.24) is 0 Å². The molecule has 3 aromatic rings. The zero-order chi connectivity index (χ0) is 25.3. The molecule has 3 rings (SSSR count). The number of benzene rings is 3. The van der Waals surface area contributed by atoms with Gasteiger partial charge in [-0.25, -0.2) is 4.21 Å². The van der Waals surface area contributed by atoms with E-state index in [1.54, 1.807) is 6.92 Å². The van der Waals surface area contributed by atoms with Crippen LogP contribution in [0.1, 0.15) is 48.5 Å². The van der Waals surface area contributed by atoms with Crippen LogP contribution >= 0.6 is 0 Å². The summed E-state index contributed by atoms with van der Waals surface area (Å²) in [5.74, 6) is 0.0675. The molecule has 3 nitrogen and oxygen atoms in total. The Kier molecular flexibility index (Phi) is 7.33. The van der Waals surface area contributed by atoms with Gasteiger partial charge in [-0.2, -0.15) is 0 Å². The summed E-state index contributed by atoms with van der Waals surface area (Å²) in [4.78, 5) is 0.674. The lowest BCUT2D eigenvalue weighted by Crippen LogP contribution is -2.64. The first kappa shape index (κ1) is 26.4. The van der Waals surface area contributed by atoms with Gasteiger partial charge in [-0.15, -0.1) is 0 Å². The summed E-state index contributed by atoms with van der Waals surface area (Å²) in [6.07, 6.45) is 0. The van der Waals surface area contributed by atoms with Crippen molar-refractivity contribution in [1.29, 1.82) is 0 Å². The first-order chi connectivity index (χ1) is 15.7. The van der Waals surface area contributed by atoms with Crippen LogP contribution < -0.4 is 10.4 Å². The third-order valence-corrected chi connectivity index (χ3v) is 15.7. The third kappa shape index (κ3) is 5.07. The Hall–Kier alpha value is -2.21. The molecule has 0 unspecified atom stereocenters. The van der Waals surface area contributed by atoms with E-state index < -0.39 is 29.0 Å². The summed E-state index contributed by atoms with van der Waals surface area (Å²) < 4.78 is 20.7. The van der Waals surface area contributed by atoms with Crippen LogP contribution in [0, 0.1) is 5.41 Å². The lowest BCUT2D eigenvalue weighted by Gasteiger charge is -2.42. The van der Waals surface area contributed by atoms with E-state index in [2.05, 4.69) is 45.0 Å². The smallest absolute Gasteiger partial charge is 0.260 e. The second-order valence-corrected chi connectivity index (χ2v) is 18.3. The molecule has 0 amide bonds. The van der Waals surface area contributed by atoms with Gasteiger partial charge in [0.2, 0.25) is 0 Å². The van der Waals surface area contributed by atoms with Gasteiger partial charge in [0, 0.05) is 4.90 Å². The Bertz CT molecular complexity index is 1160. The summed E-state index contributed by atoms with van der Waals surface area (Å²) in [6.45, 7) is 14.4. The zero-order valence-corrected chi connectivity index (χ0v) is 23.4. The minimum Gasteiger partial charge on any atom is -0.389 e. The lowest BCUT2D eigenvalue weighted by molar-refractivity contribution is -0.0202. The van der Waals surface area contributed by atoms with Gasteiger partial charge in [-0.05, 0) is 39.9 Å². The summed E-state index contributed by atoms with van der Waals surface area (Å²) in [7, 11) is -6.00. The minimum absolute atomic E-state index is 0.0675. The Morgan fingerprint density at radius 3 is 1.44 bits per heavy atom. The molecule has 0 aliphatic heterocycles. The quantitative estimate of drug-likeness (QED) is 0.437. The van der Waals surface area contributed by atoms with Crippen molar-refractivity contribution in [3.63, 3.8) is 0 Å². The van der Waals surface area contributed by atoms with Crippen LogP contribution in [0.5, 0.6) is 0 Å². The molecule has 34 heavy (non-hydrogen) atoms. The van der Waals surface area contributed by atoms with Crippen LogP contribution in [-0.4, -0.2) is 28.9 Å². The van der Waals surface area contributed by atoms with Crippen LogP contribution in [0.3, 0.4) is 0 Å². The minimum atomic E-state index is -3.01. The van der Waals surface area contributed by atoms with Crippen molar-refractivity contribution in [3.05, 3.63) is 91.0 Å². The predicted octanol–water partition coefficient (Wildman–Crippen LogP) is 5.87. The normalized spacial score (nSPS) is 16.4. The molecular formula is C29H39NO2SSi. The maximum absolute atomic E-state index is 15.2. The monoisotopic (exact) mass is 493 g/mol. The van der Waals surface area contributed by atoms with E-state index in [0.29, 0.717) is 4.90 Å². The van der Waals surface area contributed by atoms with E-state index in [0.717, 1.165) is 10.4 Å². The van der Waals surface area contributed by atoms with Gasteiger partial charge in [0.1, 0.15) is 0 Å². The highest BCUT2D eigenvalue weighted by Gasteiger charge is 2.51. The van der Waals surface area contributed by atoms with E-state index in [1.165, 1.54) is 0 Å². The summed E-state index contributed by atoms with van der Waals surface area (Å²) in [5.41, 5.74) is -1.65. The fraction of sp³-hybridized carbons (Fsp3) is 0.379. The van der Waals surface area contributed by atoms with Gasteiger partial charge >= 0.3 is 0 Å². The van der Waals surface area contributed by atoms with Crippen LogP contribution in [0.2, 0.25) is 5.04 Å². The van der Waals surface area contributed by atoms with Gasteiger partial charge in [0.05, 0.1) is 21.1 Å². The predicted molar refractivity (Wildman–Crippen MR) is 148 cm³/mol. The zero-order valence-electron chi connectivity index (χ0n) is 21.6. The molecule has 0 bridgehead atoms. The molecule has 2 atom stereocenters. The van der Waals surface area contributed by atoms with Crippen molar-refractivity contribution >= 4 is 28.3 Å². The van der Waals surface area contributed by atoms with Crippen molar-refractivity contribution in [2.75, 3.05) is 5.75 Å². The first-order valence-corrected chi connectivity index (χ1v) is 15.5. The SMILES string of the molecule is CC(C)(C)[C@](C)(O)C[S@@](=O)(=N[Si](c1ccccc1)(c1ccccc1)C(C)(C)C)c1ccccc1. The molecule has 0 aliphatic carbocycles. The topological polar surface area (TPSA) is 49.7 Å². The molecule has 0 spiro atoms. The van der Waals surface area contributed by atoms with Gasteiger partial charge in [-0.3, -0.25) is 4.03 Å².